The number of benzene rings is 2. The van der Waals surface area contributed by atoms with Crippen molar-refractivity contribution in [2.75, 3.05) is 11.4 Å². The van der Waals surface area contributed by atoms with Crippen molar-refractivity contribution in [2.24, 2.45) is 5.73 Å². The standard InChI is InChI=1S/C28H39N3O4/c1-28(2,3)35-26(32)30-22-13-15-23(16-14-22)31(27(33)34)25-19-20(9-7-8-18-29)12-17-24(25)21-10-5-4-6-11-21/h4-6,10-12,17,19,22-23H,7-9,13-16,18,29H2,1-3H3,(H,30,32)(H,33,34)/t22-,23-. The first-order valence-electron chi connectivity index (χ1n) is 12.6. The molecule has 1 aliphatic carbocycles. The van der Waals surface area contributed by atoms with Gasteiger partial charge in [0.1, 0.15) is 5.60 Å². The average molecular weight is 482 g/mol. The Morgan fingerprint density at radius 1 is 1.06 bits per heavy atom. The molecule has 1 fully saturated rings. The molecule has 7 heteroatoms. The van der Waals surface area contributed by atoms with Gasteiger partial charge >= 0.3 is 12.2 Å². The fourth-order valence-corrected chi connectivity index (χ4v) is 4.68. The quantitative estimate of drug-likeness (QED) is 0.404. The minimum atomic E-state index is -0.954. The van der Waals surface area contributed by atoms with Crippen molar-refractivity contribution in [1.29, 1.82) is 0 Å². The molecule has 0 aromatic heterocycles. The summed E-state index contributed by atoms with van der Waals surface area (Å²) >= 11 is 0. The van der Waals surface area contributed by atoms with Gasteiger partial charge in [0.05, 0.1) is 5.69 Å². The molecule has 0 unspecified atom stereocenters. The van der Waals surface area contributed by atoms with E-state index in [9.17, 15) is 14.7 Å². The van der Waals surface area contributed by atoms with Crippen LogP contribution in [0.2, 0.25) is 0 Å². The maximum absolute atomic E-state index is 12.6. The second-order valence-corrected chi connectivity index (χ2v) is 10.3. The van der Waals surface area contributed by atoms with Crippen molar-refractivity contribution in [1.82, 2.24) is 5.32 Å². The van der Waals surface area contributed by atoms with Crippen LogP contribution in [-0.2, 0) is 11.2 Å². The molecule has 0 heterocycles. The maximum atomic E-state index is 12.6. The van der Waals surface area contributed by atoms with Crippen molar-refractivity contribution < 1.29 is 19.4 Å². The van der Waals surface area contributed by atoms with E-state index in [4.69, 9.17) is 10.5 Å². The van der Waals surface area contributed by atoms with Gasteiger partial charge in [-0.1, -0.05) is 42.5 Å². The number of amides is 2. The predicted molar refractivity (Wildman–Crippen MR) is 140 cm³/mol. The minimum absolute atomic E-state index is 0.0204. The number of hydrogen-bond acceptors (Lipinski definition) is 4. The van der Waals surface area contributed by atoms with E-state index in [1.165, 1.54) is 0 Å². The molecule has 2 aromatic carbocycles. The van der Waals surface area contributed by atoms with E-state index in [0.29, 0.717) is 32.2 Å². The molecule has 7 nitrogen and oxygen atoms in total. The lowest BCUT2D eigenvalue weighted by molar-refractivity contribution is 0.0490. The van der Waals surface area contributed by atoms with E-state index in [-0.39, 0.29) is 12.1 Å². The monoisotopic (exact) mass is 481 g/mol. The van der Waals surface area contributed by atoms with Crippen LogP contribution in [0.4, 0.5) is 15.3 Å². The fraction of sp³-hybridized carbons (Fsp3) is 0.500. The fourth-order valence-electron chi connectivity index (χ4n) is 4.68. The minimum Gasteiger partial charge on any atom is -0.465 e. The molecule has 190 valence electrons. The van der Waals surface area contributed by atoms with Crippen molar-refractivity contribution in [2.45, 2.75) is 83.4 Å². The second-order valence-electron chi connectivity index (χ2n) is 10.3. The first-order chi connectivity index (χ1) is 16.7. The highest BCUT2D eigenvalue weighted by atomic mass is 16.6. The topological polar surface area (TPSA) is 105 Å². The lowest BCUT2D eigenvalue weighted by Gasteiger charge is -2.36. The van der Waals surface area contributed by atoms with Crippen molar-refractivity contribution >= 4 is 17.9 Å². The summed E-state index contributed by atoms with van der Waals surface area (Å²) in [6.45, 7) is 6.16. The smallest absolute Gasteiger partial charge is 0.412 e. The molecule has 0 spiro atoms. The number of rotatable bonds is 8. The number of nitrogens with two attached hydrogens (primary N) is 1. The van der Waals surface area contributed by atoms with Gasteiger partial charge in [0.2, 0.25) is 0 Å². The number of nitrogens with one attached hydrogen (secondary N) is 1. The number of carbonyl (C=O) groups is 2. The summed E-state index contributed by atoms with van der Waals surface area (Å²) in [5.41, 5.74) is 8.83. The number of carbonyl (C=O) groups excluding carboxylic acids is 1. The van der Waals surface area contributed by atoms with E-state index in [2.05, 4.69) is 11.4 Å². The predicted octanol–water partition coefficient (Wildman–Crippen LogP) is 5.96. The number of hydrogen-bond donors (Lipinski definition) is 3. The Morgan fingerprint density at radius 3 is 2.34 bits per heavy atom. The molecule has 1 aliphatic rings. The highest BCUT2D eigenvalue weighted by molar-refractivity contribution is 5.93. The van der Waals surface area contributed by atoms with Crippen LogP contribution in [0.3, 0.4) is 0 Å². The van der Waals surface area contributed by atoms with E-state index in [1.54, 1.807) is 4.90 Å². The molecule has 0 atom stereocenters. The van der Waals surface area contributed by atoms with Gasteiger partial charge in [-0.05, 0) is 89.5 Å². The van der Waals surface area contributed by atoms with Crippen molar-refractivity contribution in [3.63, 3.8) is 0 Å². The summed E-state index contributed by atoms with van der Waals surface area (Å²) in [6, 6.07) is 15.9. The van der Waals surface area contributed by atoms with Crippen LogP contribution in [0.1, 0.15) is 64.9 Å². The lowest BCUT2D eigenvalue weighted by Crippen LogP contribution is -2.47. The van der Waals surface area contributed by atoms with E-state index in [1.807, 2.05) is 63.2 Å². The normalized spacial score (nSPS) is 18.1. The number of alkyl carbamates (subject to hydrolysis) is 1. The van der Waals surface area contributed by atoms with Gasteiger partial charge in [-0.3, -0.25) is 4.90 Å². The van der Waals surface area contributed by atoms with Gasteiger partial charge in [-0.2, -0.15) is 0 Å². The van der Waals surface area contributed by atoms with E-state index >= 15 is 0 Å². The summed E-state index contributed by atoms with van der Waals surface area (Å²) in [5, 5.41) is 13.3. The highest BCUT2D eigenvalue weighted by Gasteiger charge is 2.32. The van der Waals surface area contributed by atoms with Crippen LogP contribution >= 0.6 is 0 Å². The molecule has 0 saturated heterocycles. The number of ether oxygens (including phenoxy) is 1. The molecular weight excluding hydrogens is 442 g/mol. The van der Waals surface area contributed by atoms with Crippen LogP contribution in [-0.4, -0.2) is 41.5 Å². The van der Waals surface area contributed by atoms with Crippen LogP contribution in [0, 0.1) is 0 Å². The molecule has 1 saturated carbocycles. The van der Waals surface area contributed by atoms with Crippen LogP contribution < -0.4 is 16.0 Å². The van der Waals surface area contributed by atoms with Crippen molar-refractivity contribution in [3.05, 3.63) is 54.1 Å². The van der Waals surface area contributed by atoms with E-state index < -0.39 is 17.8 Å². The summed E-state index contributed by atoms with van der Waals surface area (Å²) in [7, 11) is 0. The molecule has 0 radical (unpaired) electrons. The Bertz CT molecular complexity index is 979. The molecule has 3 rings (SSSR count). The van der Waals surface area contributed by atoms with Gasteiger partial charge in [-0.25, -0.2) is 9.59 Å². The largest absolute Gasteiger partial charge is 0.465 e. The summed E-state index contributed by atoms with van der Waals surface area (Å²) in [6.07, 6.45) is 4.12. The number of unbranched alkanes of at least 4 members (excludes halogenated alkanes) is 1. The number of aryl methyl sites for hydroxylation is 1. The Balaban J connectivity index is 1.81. The zero-order valence-electron chi connectivity index (χ0n) is 21.1. The molecular formula is C28H39N3O4. The molecule has 0 bridgehead atoms. The highest BCUT2D eigenvalue weighted by Crippen LogP contribution is 2.36. The second kappa shape index (κ2) is 12.1. The Morgan fingerprint density at radius 2 is 1.74 bits per heavy atom. The molecule has 4 N–H and O–H groups in total. The number of nitrogens with zero attached hydrogens (tertiary/aromatic N) is 1. The first-order valence-corrected chi connectivity index (χ1v) is 12.6. The zero-order chi connectivity index (χ0) is 25.4. The molecule has 0 aliphatic heterocycles. The van der Waals surface area contributed by atoms with Gasteiger partial charge < -0.3 is 20.9 Å². The average Bonchev–Trinajstić information content (AvgIpc) is 2.80. The third-order valence-corrected chi connectivity index (χ3v) is 6.31. The third-order valence-electron chi connectivity index (χ3n) is 6.31. The first kappa shape index (κ1) is 26.5. The van der Waals surface area contributed by atoms with E-state index in [0.717, 1.165) is 41.6 Å². The Kier molecular flexibility index (Phi) is 9.15. The maximum Gasteiger partial charge on any atom is 0.412 e. The molecule has 2 amide bonds. The van der Waals surface area contributed by atoms with Gasteiger partial charge in [0.25, 0.3) is 0 Å². The SMILES string of the molecule is CC(C)(C)OC(=O)N[C@H]1CC[C@H](N(C(=O)O)c2cc(CCCCN)ccc2-c2ccccc2)CC1. The van der Waals surface area contributed by atoms with Gasteiger partial charge in [-0.15, -0.1) is 0 Å². The lowest BCUT2D eigenvalue weighted by atomic mass is 9.89. The summed E-state index contributed by atoms with van der Waals surface area (Å²) in [5.74, 6) is 0. The zero-order valence-corrected chi connectivity index (χ0v) is 21.1. The Labute approximate surface area is 208 Å². The Hall–Kier alpha value is -3.06. The van der Waals surface area contributed by atoms with Gasteiger partial charge in [0.15, 0.2) is 0 Å². The van der Waals surface area contributed by atoms with Crippen LogP contribution in [0.15, 0.2) is 48.5 Å². The van der Waals surface area contributed by atoms with Crippen molar-refractivity contribution in [3.8, 4) is 11.1 Å². The number of anilines is 1. The summed E-state index contributed by atoms with van der Waals surface area (Å²) < 4.78 is 5.38. The van der Waals surface area contributed by atoms with Crippen LogP contribution in [0.5, 0.6) is 0 Å². The molecule has 35 heavy (non-hydrogen) atoms. The third kappa shape index (κ3) is 7.72. The van der Waals surface area contributed by atoms with Crippen LogP contribution in [0.25, 0.3) is 11.1 Å². The number of carboxylic acid groups (broad SMARTS) is 1. The van der Waals surface area contributed by atoms with Gasteiger partial charge in [0, 0.05) is 17.6 Å². The molecule has 2 aromatic rings. The summed E-state index contributed by atoms with van der Waals surface area (Å²) in [4.78, 5) is 26.3.